The first-order valence-electron chi connectivity index (χ1n) is 8.32. The lowest BCUT2D eigenvalue weighted by Gasteiger charge is -2.39. The number of aromatic nitrogens is 1. The van der Waals surface area contributed by atoms with Gasteiger partial charge in [0.1, 0.15) is 0 Å². The molecule has 1 aliphatic heterocycles. The normalized spacial score (nSPS) is 29.0. The number of fused-ring (bicyclic) bond motifs is 2. The van der Waals surface area contributed by atoms with Gasteiger partial charge in [0.15, 0.2) is 5.13 Å². The molecule has 2 heterocycles. The quantitative estimate of drug-likeness (QED) is 0.676. The van der Waals surface area contributed by atoms with Crippen LogP contribution in [-0.4, -0.2) is 17.6 Å². The Kier molecular flexibility index (Phi) is 3.51. The number of rotatable bonds is 2. The molecule has 1 aromatic carbocycles. The summed E-state index contributed by atoms with van der Waals surface area (Å²) in [4.78, 5) is 7.50. The minimum atomic E-state index is 0.443. The van der Waals surface area contributed by atoms with Gasteiger partial charge < -0.3 is 4.90 Å². The van der Waals surface area contributed by atoms with Gasteiger partial charge in [-0.2, -0.15) is 0 Å². The molecule has 0 N–H and O–H groups in total. The van der Waals surface area contributed by atoms with Crippen molar-refractivity contribution in [3.05, 3.63) is 34.7 Å². The predicted molar refractivity (Wildman–Crippen MR) is 99.4 cm³/mol. The fourth-order valence-electron chi connectivity index (χ4n) is 4.83. The van der Waals surface area contributed by atoms with Crippen LogP contribution in [0.25, 0.3) is 11.3 Å². The zero-order chi connectivity index (χ0) is 16.2. The van der Waals surface area contributed by atoms with E-state index >= 15 is 0 Å². The minimum Gasteiger partial charge on any atom is -0.345 e. The summed E-state index contributed by atoms with van der Waals surface area (Å²) in [5.74, 6) is 0. The number of halogens is 1. The molecule has 2 nitrogen and oxygen atoms in total. The topological polar surface area (TPSA) is 16.1 Å². The van der Waals surface area contributed by atoms with Crippen LogP contribution in [0.5, 0.6) is 0 Å². The number of nitrogens with zero attached hydrogens (tertiary/aromatic N) is 2. The molecule has 2 bridgehead atoms. The molecule has 2 fully saturated rings. The maximum atomic E-state index is 5.98. The average Bonchev–Trinajstić information content (AvgIpc) is 3.01. The summed E-state index contributed by atoms with van der Waals surface area (Å²) in [6.45, 7) is 8.44. The fourth-order valence-corrected chi connectivity index (χ4v) is 5.86. The van der Waals surface area contributed by atoms with Crippen molar-refractivity contribution in [1.82, 2.24) is 4.98 Å². The second kappa shape index (κ2) is 5.22. The third-order valence-corrected chi connectivity index (χ3v) is 6.42. The Morgan fingerprint density at radius 1 is 1.17 bits per heavy atom. The van der Waals surface area contributed by atoms with Crippen LogP contribution >= 0.6 is 22.9 Å². The summed E-state index contributed by atoms with van der Waals surface area (Å²) in [6, 6.07) is 8.61. The number of hydrogen-bond acceptors (Lipinski definition) is 3. The lowest BCUT2D eigenvalue weighted by atomic mass is 9.65. The summed E-state index contributed by atoms with van der Waals surface area (Å²) in [7, 11) is 0. The molecule has 2 aromatic rings. The van der Waals surface area contributed by atoms with Crippen molar-refractivity contribution in [2.45, 2.75) is 46.1 Å². The molecule has 23 heavy (non-hydrogen) atoms. The fraction of sp³-hybridized carbons (Fsp3) is 0.526. The van der Waals surface area contributed by atoms with E-state index in [1.165, 1.54) is 24.4 Å². The first kappa shape index (κ1) is 15.5. The molecule has 0 radical (unpaired) electrons. The highest BCUT2D eigenvalue weighted by Crippen LogP contribution is 2.53. The first-order chi connectivity index (χ1) is 10.8. The van der Waals surface area contributed by atoms with Gasteiger partial charge in [0, 0.05) is 28.6 Å². The molecule has 1 saturated carbocycles. The number of hydrogen-bond donors (Lipinski definition) is 0. The van der Waals surface area contributed by atoms with Crippen molar-refractivity contribution in [1.29, 1.82) is 0 Å². The van der Waals surface area contributed by atoms with Crippen LogP contribution in [0.2, 0.25) is 5.02 Å². The molecule has 2 atom stereocenters. The SMILES string of the molecule is CC1(C)C[C@H]2C[C@](C)(CN2c2nc(-c3ccc(Cl)cc3)cs2)C1. The van der Waals surface area contributed by atoms with Crippen LogP contribution in [0, 0.1) is 10.8 Å². The Morgan fingerprint density at radius 3 is 2.65 bits per heavy atom. The molecule has 1 aromatic heterocycles. The van der Waals surface area contributed by atoms with E-state index in [0.717, 1.165) is 22.8 Å². The third kappa shape index (κ3) is 2.89. The molecule has 1 saturated heterocycles. The van der Waals surface area contributed by atoms with Crippen molar-refractivity contribution in [2.24, 2.45) is 10.8 Å². The van der Waals surface area contributed by atoms with Crippen molar-refractivity contribution in [3.8, 4) is 11.3 Å². The first-order valence-corrected chi connectivity index (χ1v) is 9.58. The van der Waals surface area contributed by atoms with E-state index in [1.807, 2.05) is 24.3 Å². The summed E-state index contributed by atoms with van der Waals surface area (Å²) in [6.07, 6.45) is 3.91. The van der Waals surface area contributed by atoms with E-state index in [9.17, 15) is 0 Å². The molecule has 0 spiro atoms. The zero-order valence-corrected chi connectivity index (χ0v) is 15.5. The van der Waals surface area contributed by atoms with Crippen molar-refractivity contribution in [2.75, 3.05) is 11.4 Å². The zero-order valence-electron chi connectivity index (χ0n) is 14.0. The highest BCUT2D eigenvalue weighted by Gasteiger charge is 2.50. The van der Waals surface area contributed by atoms with Gasteiger partial charge in [0.05, 0.1) is 5.69 Å². The maximum Gasteiger partial charge on any atom is 0.186 e. The van der Waals surface area contributed by atoms with Crippen LogP contribution in [0.3, 0.4) is 0 Å². The van der Waals surface area contributed by atoms with Gasteiger partial charge in [0.2, 0.25) is 0 Å². The summed E-state index contributed by atoms with van der Waals surface area (Å²) >= 11 is 7.76. The Balaban J connectivity index is 1.61. The Labute approximate surface area is 147 Å². The van der Waals surface area contributed by atoms with Crippen LogP contribution in [0.1, 0.15) is 40.0 Å². The van der Waals surface area contributed by atoms with Crippen molar-refractivity contribution >= 4 is 28.1 Å². The second-order valence-electron chi connectivity index (χ2n) is 8.36. The van der Waals surface area contributed by atoms with Crippen LogP contribution < -0.4 is 4.90 Å². The summed E-state index contributed by atoms with van der Waals surface area (Å²) in [5, 5.41) is 4.13. The van der Waals surface area contributed by atoms with Crippen molar-refractivity contribution in [3.63, 3.8) is 0 Å². The van der Waals surface area contributed by atoms with Crippen LogP contribution in [0.4, 0.5) is 5.13 Å². The average molecular weight is 347 g/mol. The molecule has 2 aliphatic rings. The number of thiazole rings is 1. The molecule has 4 heteroatoms. The van der Waals surface area contributed by atoms with Crippen LogP contribution in [-0.2, 0) is 0 Å². The van der Waals surface area contributed by atoms with Gasteiger partial charge in [-0.3, -0.25) is 0 Å². The molecule has 122 valence electrons. The van der Waals surface area contributed by atoms with Crippen molar-refractivity contribution < 1.29 is 0 Å². The summed E-state index contributed by atoms with van der Waals surface area (Å²) < 4.78 is 0. The van der Waals surface area contributed by atoms with Gasteiger partial charge in [-0.15, -0.1) is 11.3 Å². The Morgan fingerprint density at radius 2 is 1.91 bits per heavy atom. The van der Waals surface area contributed by atoms with Gasteiger partial charge in [-0.25, -0.2) is 4.98 Å². The Hall–Kier alpha value is -1.06. The van der Waals surface area contributed by atoms with E-state index in [2.05, 4.69) is 31.1 Å². The lowest BCUT2D eigenvalue weighted by Crippen LogP contribution is -2.34. The minimum absolute atomic E-state index is 0.443. The standard InChI is InChI=1S/C19H23ClN2S/c1-18(2)8-15-9-19(3,11-18)12-22(15)17-21-16(10-23-17)13-4-6-14(20)7-5-13/h4-7,10,15H,8-9,11-12H2,1-3H3/t15-,19-/m0/s1. The smallest absolute Gasteiger partial charge is 0.186 e. The molecular weight excluding hydrogens is 324 g/mol. The van der Waals surface area contributed by atoms with E-state index in [0.29, 0.717) is 16.9 Å². The molecule has 4 rings (SSSR count). The second-order valence-corrected chi connectivity index (χ2v) is 9.64. The number of benzene rings is 1. The lowest BCUT2D eigenvalue weighted by molar-refractivity contribution is 0.136. The highest BCUT2D eigenvalue weighted by molar-refractivity contribution is 7.14. The molecule has 1 aliphatic carbocycles. The Bertz CT molecular complexity index is 721. The molecular formula is C19H23ClN2S. The predicted octanol–water partition coefficient (Wildman–Crippen LogP) is 5.87. The van der Waals surface area contributed by atoms with E-state index in [-0.39, 0.29) is 0 Å². The maximum absolute atomic E-state index is 5.98. The van der Waals surface area contributed by atoms with E-state index < -0.39 is 0 Å². The number of anilines is 1. The molecule has 0 amide bonds. The van der Waals surface area contributed by atoms with Gasteiger partial charge in [0.25, 0.3) is 0 Å². The van der Waals surface area contributed by atoms with Gasteiger partial charge in [-0.05, 0) is 42.2 Å². The third-order valence-electron chi connectivity index (χ3n) is 5.29. The highest BCUT2D eigenvalue weighted by atomic mass is 35.5. The largest absolute Gasteiger partial charge is 0.345 e. The summed E-state index contributed by atoms with van der Waals surface area (Å²) in [5.41, 5.74) is 3.10. The monoisotopic (exact) mass is 346 g/mol. The molecule has 0 unspecified atom stereocenters. The van der Waals surface area contributed by atoms with Crippen LogP contribution in [0.15, 0.2) is 29.6 Å². The van der Waals surface area contributed by atoms with Gasteiger partial charge >= 0.3 is 0 Å². The van der Waals surface area contributed by atoms with Gasteiger partial charge in [-0.1, -0.05) is 44.5 Å². The van der Waals surface area contributed by atoms with E-state index in [4.69, 9.17) is 16.6 Å². The van der Waals surface area contributed by atoms with E-state index in [1.54, 1.807) is 11.3 Å².